The molecule has 3 heteroatoms. The SMILES string of the molecule is [C-]#[N+]CC(=O)[C@H]1CC[C@@H](O)C1. The van der Waals surface area contributed by atoms with Gasteiger partial charge in [0.25, 0.3) is 6.54 Å². The van der Waals surface area contributed by atoms with Gasteiger partial charge in [-0.15, -0.1) is 0 Å². The number of carbonyl (C=O) groups is 1. The molecule has 0 unspecified atom stereocenters. The minimum atomic E-state index is -0.310. The highest BCUT2D eigenvalue weighted by atomic mass is 16.3. The number of aliphatic hydroxyl groups is 1. The summed E-state index contributed by atoms with van der Waals surface area (Å²) in [4.78, 5) is 14.1. The quantitative estimate of drug-likeness (QED) is 0.591. The molecule has 0 radical (unpaired) electrons. The number of rotatable bonds is 2. The van der Waals surface area contributed by atoms with Gasteiger partial charge in [0.15, 0.2) is 0 Å². The average molecular weight is 153 g/mol. The van der Waals surface area contributed by atoms with Gasteiger partial charge in [0.2, 0.25) is 5.78 Å². The van der Waals surface area contributed by atoms with E-state index in [0.29, 0.717) is 12.8 Å². The highest BCUT2D eigenvalue weighted by Gasteiger charge is 2.29. The van der Waals surface area contributed by atoms with Gasteiger partial charge >= 0.3 is 0 Å². The molecule has 0 aliphatic heterocycles. The monoisotopic (exact) mass is 153 g/mol. The summed E-state index contributed by atoms with van der Waals surface area (Å²) in [5.74, 6) is -0.0457. The fraction of sp³-hybridized carbons (Fsp3) is 0.750. The molecule has 0 aromatic heterocycles. The van der Waals surface area contributed by atoms with Gasteiger partial charge in [0.05, 0.1) is 6.10 Å². The van der Waals surface area contributed by atoms with Crippen LogP contribution in [0.1, 0.15) is 19.3 Å². The summed E-state index contributed by atoms with van der Waals surface area (Å²) >= 11 is 0. The molecule has 0 heterocycles. The van der Waals surface area contributed by atoms with Crippen LogP contribution in [0.3, 0.4) is 0 Å². The molecule has 0 bridgehead atoms. The maximum absolute atomic E-state index is 11.1. The number of aliphatic hydroxyl groups excluding tert-OH is 1. The molecule has 1 saturated carbocycles. The first-order chi connectivity index (χ1) is 5.24. The van der Waals surface area contributed by atoms with Crippen LogP contribution < -0.4 is 0 Å². The van der Waals surface area contributed by atoms with Gasteiger partial charge in [-0.2, -0.15) is 0 Å². The fourth-order valence-electron chi connectivity index (χ4n) is 1.46. The molecule has 1 fully saturated rings. The molecular formula is C8H11NO2. The van der Waals surface area contributed by atoms with Crippen LogP contribution >= 0.6 is 0 Å². The normalized spacial score (nSPS) is 29.8. The summed E-state index contributed by atoms with van der Waals surface area (Å²) in [6.07, 6.45) is 1.73. The van der Waals surface area contributed by atoms with Crippen LogP contribution in [0.25, 0.3) is 4.85 Å². The molecule has 0 saturated heterocycles. The van der Waals surface area contributed by atoms with E-state index in [9.17, 15) is 4.79 Å². The van der Waals surface area contributed by atoms with Gasteiger partial charge < -0.3 is 9.95 Å². The third-order valence-corrected chi connectivity index (χ3v) is 2.10. The molecule has 0 spiro atoms. The zero-order chi connectivity index (χ0) is 8.27. The van der Waals surface area contributed by atoms with Crippen molar-refractivity contribution >= 4 is 5.78 Å². The number of ketones is 1. The standard InChI is InChI=1S/C8H11NO2/c1-9-5-8(11)6-2-3-7(10)4-6/h6-7,10H,2-5H2/t6-,7+/m0/s1. The Balaban J connectivity index is 2.38. The number of Topliss-reactive ketones (excluding diaryl/α,β-unsaturated/α-hetero) is 1. The third kappa shape index (κ3) is 2.02. The lowest BCUT2D eigenvalue weighted by Gasteiger charge is -2.01. The Bertz CT molecular complexity index is 195. The minimum absolute atomic E-state index is 0.00319. The molecule has 11 heavy (non-hydrogen) atoms. The molecule has 0 aromatic carbocycles. The van der Waals surface area contributed by atoms with E-state index in [4.69, 9.17) is 11.7 Å². The van der Waals surface area contributed by atoms with Gasteiger partial charge in [-0.3, -0.25) is 4.79 Å². The molecule has 1 rings (SSSR count). The van der Waals surface area contributed by atoms with Crippen LogP contribution in [0.5, 0.6) is 0 Å². The van der Waals surface area contributed by atoms with Crippen molar-refractivity contribution in [3.8, 4) is 0 Å². The number of hydrogen-bond donors (Lipinski definition) is 1. The Morgan fingerprint density at radius 2 is 2.36 bits per heavy atom. The lowest BCUT2D eigenvalue weighted by atomic mass is 10.0. The van der Waals surface area contributed by atoms with Gasteiger partial charge in [-0.1, -0.05) is 0 Å². The first kappa shape index (κ1) is 8.22. The van der Waals surface area contributed by atoms with E-state index in [2.05, 4.69) is 4.85 Å². The molecular weight excluding hydrogens is 142 g/mol. The Hall–Kier alpha value is -0.880. The van der Waals surface area contributed by atoms with Crippen molar-refractivity contribution < 1.29 is 9.90 Å². The van der Waals surface area contributed by atoms with Crippen molar-refractivity contribution in [1.82, 2.24) is 0 Å². The van der Waals surface area contributed by atoms with Crippen molar-refractivity contribution in [3.63, 3.8) is 0 Å². The molecule has 1 aliphatic rings. The van der Waals surface area contributed by atoms with Gasteiger partial charge in [-0.05, 0) is 19.3 Å². The van der Waals surface area contributed by atoms with Crippen LogP contribution in [0, 0.1) is 12.5 Å². The topological polar surface area (TPSA) is 41.7 Å². The first-order valence-electron chi connectivity index (χ1n) is 3.78. The van der Waals surface area contributed by atoms with E-state index in [1.165, 1.54) is 0 Å². The summed E-state index contributed by atoms with van der Waals surface area (Å²) in [7, 11) is 0. The van der Waals surface area contributed by atoms with Crippen LogP contribution in [-0.4, -0.2) is 23.5 Å². The molecule has 1 aliphatic carbocycles. The Morgan fingerprint density at radius 3 is 2.82 bits per heavy atom. The molecule has 60 valence electrons. The summed E-state index contributed by atoms with van der Waals surface area (Å²) < 4.78 is 0. The molecule has 3 nitrogen and oxygen atoms in total. The zero-order valence-corrected chi connectivity index (χ0v) is 6.29. The second kappa shape index (κ2) is 3.49. The summed E-state index contributed by atoms with van der Waals surface area (Å²) in [6.45, 7) is 6.47. The van der Waals surface area contributed by atoms with Crippen molar-refractivity contribution in [3.05, 3.63) is 11.4 Å². The van der Waals surface area contributed by atoms with Gasteiger partial charge in [0, 0.05) is 5.92 Å². The van der Waals surface area contributed by atoms with Crippen molar-refractivity contribution in [2.45, 2.75) is 25.4 Å². The summed E-state index contributed by atoms with van der Waals surface area (Å²) in [5, 5.41) is 9.09. The summed E-state index contributed by atoms with van der Waals surface area (Å²) in [5.41, 5.74) is 0. The maximum atomic E-state index is 11.1. The minimum Gasteiger partial charge on any atom is -0.393 e. The second-order valence-electron chi connectivity index (χ2n) is 2.95. The lowest BCUT2D eigenvalue weighted by molar-refractivity contribution is -0.120. The molecule has 0 aromatic rings. The molecule has 2 atom stereocenters. The summed E-state index contributed by atoms with van der Waals surface area (Å²) in [6, 6.07) is 0. The zero-order valence-electron chi connectivity index (χ0n) is 6.29. The second-order valence-corrected chi connectivity index (χ2v) is 2.95. The van der Waals surface area contributed by atoms with Crippen molar-refractivity contribution in [2.75, 3.05) is 6.54 Å². The number of carbonyl (C=O) groups excluding carboxylic acids is 1. The fourth-order valence-corrected chi connectivity index (χ4v) is 1.46. The van der Waals surface area contributed by atoms with E-state index < -0.39 is 0 Å². The predicted octanol–water partition coefficient (Wildman–Crippen LogP) is 0.636. The van der Waals surface area contributed by atoms with Crippen molar-refractivity contribution in [1.29, 1.82) is 0 Å². The Kier molecular flexibility index (Phi) is 2.61. The van der Waals surface area contributed by atoms with E-state index in [1.54, 1.807) is 0 Å². The van der Waals surface area contributed by atoms with Gasteiger partial charge in [-0.25, -0.2) is 6.57 Å². The van der Waals surface area contributed by atoms with E-state index in [1.807, 2.05) is 0 Å². The lowest BCUT2D eigenvalue weighted by Crippen LogP contribution is -2.14. The van der Waals surface area contributed by atoms with Crippen LogP contribution in [0.4, 0.5) is 0 Å². The highest BCUT2D eigenvalue weighted by Crippen LogP contribution is 2.25. The van der Waals surface area contributed by atoms with E-state index >= 15 is 0 Å². The average Bonchev–Trinajstić information content (AvgIpc) is 2.36. The molecule has 1 N–H and O–H groups in total. The predicted molar refractivity (Wildman–Crippen MR) is 39.8 cm³/mol. The largest absolute Gasteiger partial charge is 0.393 e. The Morgan fingerprint density at radius 1 is 1.64 bits per heavy atom. The van der Waals surface area contributed by atoms with Crippen molar-refractivity contribution in [2.24, 2.45) is 5.92 Å². The smallest absolute Gasteiger partial charge is 0.272 e. The third-order valence-electron chi connectivity index (χ3n) is 2.10. The highest BCUT2D eigenvalue weighted by molar-refractivity contribution is 5.84. The number of hydrogen-bond acceptors (Lipinski definition) is 2. The first-order valence-corrected chi connectivity index (χ1v) is 3.78. The number of nitrogens with zero attached hydrogens (tertiary/aromatic N) is 1. The van der Waals surface area contributed by atoms with Crippen LogP contribution in [0.15, 0.2) is 0 Å². The van der Waals surface area contributed by atoms with Crippen LogP contribution in [0.2, 0.25) is 0 Å². The Labute approximate surface area is 65.8 Å². The van der Waals surface area contributed by atoms with E-state index in [0.717, 1.165) is 6.42 Å². The molecule has 0 amide bonds. The maximum Gasteiger partial charge on any atom is 0.272 e. The van der Waals surface area contributed by atoms with E-state index in [-0.39, 0.29) is 24.3 Å². The van der Waals surface area contributed by atoms with Crippen LogP contribution in [-0.2, 0) is 4.79 Å². The van der Waals surface area contributed by atoms with Gasteiger partial charge in [0.1, 0.15) is 0 Å².